The molecule has 2 rings (SSSR count). The first kappa shape index (κ1) is 19.6. The van der Waals surface area contributed by atoms with Gasteiger partial charge in [-0.3, -0.25) is 9.79 Å². The van der Waals surface area contributed by atoms with Crippen molar-refractivity contribution < 1.29 is 4.79 Å². The Morgan fingerprint density at radius 2 is 2.00 bits per heavy atom. The first-order valence-electron chi connectivity index (χ1n) is 7.77. The van der Waals surface area contributed by atoms with Crippen LogP contribution in [-0.2, 0) is 11.3 Å². The number of rotatable bonds is 5. The molecule has 3 N–H and O–H groups in total. The van der Waals surface area contributed by atoms with Crippen molar-refractivity contribution in [1.29, 1.82) is 0 Å². The van der Waals surface area contributed by atoms with Gasteiger partial charge < -0.3 is 16.0 Å². The van der Waals surface area contributed by atoms with Gasteiger partial charge in [-0.1, -0.05) is 41.3 Å². The Hall–Kier alpha value is -2.68. The molecular formula is C19H18Cl2N4O. The van der Waals surface area contributed by atoms with E-state index in [4.69, 9.17) is 29.6 Å². The van der Waals surface area contributed by atoms with Crippen LogP contribution in [0.3, 0.4) is 0 Å². The van der Waals surface area contributed by atoms with Crippen LogP contribution in [0.15, 0.2) is 47.5 Å². The number of halogens is 2. The second kappa shape index (κ2) is 9.71. The minimum atomic E-state index is -0.216. The molecule has 0 spiro atoms. The lowest BCUT2D eigenvalue weighted by atomic mass is 10.2. The summed E-state index contributed by atoms with van der Waals surface area (Å²) in [5, 5.41) is 9.93. The molecule has 0 aromatic heterocycles. The molecular weight excluding hydrogens is 371 g/mol. The average Bonchev–Trinajstić information content (AvgIpc) is 2.63. The highest BCUT2D eigenvalue weighted by Crippen LogP contribution is 2.20. The van der Waals surface area contributed by atoms with Gasteiger partial charge in [0.15, 0.2) is 5.96 Å². The number of anilines is 1. The lowest BCUT2D eigenvalue weighted by Gasteiger charge is -2.13. The van der Waals surface area contributed by atoms with Crippen molar-refractivity contribution in [2.45, 2.75) is 6.54 Å². The Morgan fingerprint density at radius 1 is 1.19 bits per heavy atom. The summed E-state index contributed by atoms with van der Waals surface area (Å²) < 4.78 is 0. The largest absolute Gasteiger partial charge is 0.352 e. The molecule has 0 aliphatic carbocycles. The molecule has 134 valence electrons. The molecule has 0 heterocycles. The summed E-state index contributed by atoms with van der Waals surface area (Å²) in [5.74, 6) is 2.78. The number of benzene rings is 2. The molecule has 0 bridgehead atoms. The Morgan fingerprint density at radius 3 is 2.69 bits per heavy atom. The molecule has 0 saturated carbocycles. The van der Waals surface area contributed by atoms with Gasteiger partial charge >= 0.3 is 0 Å². The number of hydrogen-bond donors (Lipinski definition) is 3. The maximum absolute atomic E-state index is 12.1. The second-order valence-corrected chi connectivity index (χ2v) is 6.13. The van der Waals surface area contributed by atoms with Crippen molar-refractivity contribution in [2.24, 2.45) is 4.99 Å². The fraction of sp³-hybridized carbons (Fsp3) is 0.158. The summed E-state index contributed by atoms with van der Waals surface area (Å²) in [5.41, 5.74) is 2.21. The number of nitrogens with zero attached hydrogens (tertiary/aromatic N) is 1. The minimum absolute atomic E-state index is 0.0499. The molecule has 1 amide bonds. The molecule has 0 saturated heterocycles. The average molecular weight is 389 g/mol. The van der Waals surface area contributed by atoms with Crippen LogP contribution in [0.5, 0.6) is 0 Å². The Balaban J connectivity index is 1.84. The number of amides is 1. The van der Waals surface area contributed by atoms with Gasteiger partial charge in [0.1, 0.15) is 0 Å². The van der Waals surface area contributed by atoms with Gasteiger partial charge in [0.05, 0.1) is 6.54 Å². The van der Waals surface area contributed by atoms with E-state index < -0.39 is 0 Å². The molecule has 2 aromatic rings. The van der Waals surface area contributed by atoms with E-state index in [-0.39, 0.29) is 12.5 Å². The van der Waals surface area contributed by atoms with Gasteiger partial charge in [0.2, 0.25) is 5.91 Å². The third kappa shape index (κ3) is 5.99. The number of carbonyl (C=O) groups is 1. The van der Waals surface area contributed by atoms with Gasteiger partial charge in [-0.25, -0.2) is 0 Å². The SMILES string of the molecule is C#Cc1cccc(NC(=O)CNC(=NC)NCc2ccc(Cl)cc2Cl)c1. The Labute approximate surface area is 162 Å². The van der Waals surface area contributed by atoms with Crippen LogP contribution in [0, 0.1) is 12.3 Å². The van der Waals surface area contributed by atoms with Crippen LogP contribution in [0.1, 0.15) is 11.1 Å². The quantitative estimate of drug-likeness (QED) is 0.418. The van der Waals surface area contributed by atoms with Gasteiger partial charge in [-0.05, 0) is 35.9 Å². The van der Waals surface area contributed by atoms with E-state index in [9.17, 15) is 4.79 Å². The number of carbonyl (C=O) groups excluding carboxylic acids is 1. The molecule has 26 heavy (non-hydrogen) atoms. The zero-order valence-corrected chi connectivity index (χ0v) is 15.7. The van der Waals surface area contributed by atoms with Gasteiger partial charge in [0, 0.05) is 34.9 Å². The summed E-state index contributed by atoms with van der Waals surface area (Å²) in [6.07, 6.45) is 5.35. The molecule has 0 radical (unpaired) electrons. The zero-order valence-electron chi connectivity index (χ0n) is 14.1. The van der Waals surface area contributed by atoms with E-state index in [0.717, 1.165) is 5.56 Å². The summed E-state index contributed by atoms with van der Waals surface area (Å²) in [7, 11) is 1.62. The zero-order chi connectivity index (χ0) is 18.9. The van der Waals surface area contributed by atoms with Crippen molar-refractivity contribution in [3.8, 4) is 12.3 Å². The van der Waals surface area contributed by atoms with Crippen LogP contribution < -0.4 is 16.0 Å². The number of aliphatic imine (C=N–C) groups is 1. The third-order valence-corrected chi connectivity index (χ3v) is 4.00. The molecule has 0 unspecified atom stereocenters. The maximum Gasteiger partial charge on any atom is 0.243 e. The molecule has 5 nitrogen and oxygen atoms in total. The highest BCUT2D eigenvalue weighted by atomic mass is 35.5. The maximum atomic E-state index is 12.1. The van der Waals surface area contributed by atoms with Crippen molar-refractivity contribution in [2.75, 3.05) is 18.9 Å². The van der Waals surface area contributed by atoms with Crippen LogP contribution in [-0.4, -0.2) is 25.5 Å². The predicted molar refractivity (Wildman–Crippen MR) is 108 cm³/mol. The van der Waals surface area contributed by atoms with E-state index in [2.05, 4.69) is 26.9 Å². The number of nitrogens with one attached hydrogen (secondary N) is 3. The highest BCUT2D eigenvalue weighted by molar-refractivity contribution is 6.35. The van der Waals surface area contributed by atoms with E-state index in [0.29, 0.717) is 33.8 Å². The standard InChI is InChI=1S/C19H18Cl2N4O/c1-3-13-5-4-6-16(9-13)25-18(26)12-24-19(22-2)23-11-14-7-8-15(20)10-17(14)21/h1,4-10H,11-12H2,2H3,(H,25,26)(H2,22,23,24). The molecule has 0 atom stereocenters. The monoisotopic (exact) mass is 388 g/mol. The number of hydrogen-bond acceptors (Lipinski definition) is 2. The molecule has 0 aliphatic rings. The van der Waals surface area contributed by atoms with E-state index in [1.54, 1.807) is 43.4 Å². The summed E-state index contributed by atoms with van der Waals surface area (Å²) in [6, 6.07) is 12.3. The number of guanidine groups is 1. The second-order valence-electron chi connectivity index (χ2n) is 5.29. The fourth-order valence-corrected chi connectivity index (χ4v) is 2.60. The summed E-state index contributed by atoms with van der Waals surface area (Å²) >= 11 is 12.0. The minimum Gasteiger partial charge on any atom is -0.352 e. The van der Waals surface area contributed by atoms with Crippen LogP contribution in [0.4, 0.5) is 5.69 Å². The van der Waals surface area contributed by atoms with Crippen LogP contribution in [0.25, 0.3) is 0 Å². The highest BCUT2D eigenvalue weighted by Gasteiger charge is 2.06. The Bertz CT molecular complexity index is 859. The normalized spacial score (nSPS) is 10.8. The van der Waals surface area contributed by atoms with Gasteiger partial charge in [-0.2, -0.15) is 0 Å². The van der Waals surface area contributed by atoms with Crippen molar-refractivity contribution in [3.05, 3.63) is 63.6 Å². The molecule has 0 fully saturated rings. The first-order chi connectivity index (χ1) is 12.5. The van der Waals surface area contributed by atoms with Crippen LogP contribution in [0.2, 0.25) is 10.0 Å². The number of terminal acetylenes is 1. The Kier molecular flexibility index (Phi) is 7.34. The lowest BCUT2D eigenvalue weighted by Crippen LogP contribution is -2.41. The van der Waals surface area contributed by atoms with Gasteiger partial charge in [0.25, 0.3) is 0 Å². The van der Waals surface area contributed by atoms with Gasteiger partial charge in [-0.15, -0.1) is 6.42 Å². The summed E-state index contributed by atoms with van der Waals surface area (Å²) in [4.78, 5) is 16.1. The molecule has 0 aliphatic heterocycles. The predicted octanol–water partition coefficient (Wildman–Crippen LogP) is 3.28. The van der Waals surface area contributed by atoms with E-state index >= 15 is 0 Å². The first-order valence-corrected chi connectivity index (χ1v) is 8.52. The van der Waals surface area contributed by atoms with E-state index in [1.807, 2.05) is 6.07 Å². The third-order valence-electron chi connectivity index (χ3n) is 3.41. The van der Waals surface area contributed by atoms with Crippen molar-refractivity contribution in [1.82, 2.24) is 10.6 Å². The van der Waals surface area contributed by atoms with Crippen LogP contribution >= 0.6 is 23.2 Å². The van der Waals surface area contributed by atoms with Crippen molar-refractivity contribution >= 4 is 40.8 Å². The smallest absolute Gasteiger partial charge is 0.243 e. The topological polar surface area (TPSA) is 65.5 Å². The molecule has 7 heteroatoms. The summed E-state index contributed by atoms with van der Waals surface area (Å²) in [6.45, 7) is 0.496. The van der Waals surface area contributed by atoms with Crippen molar-refractivity contribution in [3.63, 3.8) is 0 Å². The van der Waals surface area contributed by atoms with E-state index in [1.165, 1.54) is 0 Å². The fourth-order valence-electron chi connectivity index (χ4n) is 2.12. The lowest BCUT2D eigenvalue weighted by molar-refractivity contribution is -0.115. The molecule has 2 aromatic carbocycles.